The number of hydrogen-bond acceptors (Lipinski definition) is 4. The summed E-state index contributed by atoms with van der Waals surface area (Å²) in [4.78, 5) is 22.9. The Bertz CT molecular complexity index is 412. The molecule has 1 aromatic rings. The third kappa shape index (κ3) is 3.51. The predicted octanol–water partition coefficient (Wildman–Crippen LogP) is 1.16. The van der Waals surface area contributed by atoms with Gasteiger partial charge < -0.3 is 10.4 Å². The standard InChI is InChI=1S/C11H15N3O3/c1-11(2,3)8(10(16)17)9(15)13-7-5-4-6-12-14-7/h4-6,8H,1-3H3,(H,16,17)(H,13,14,15). The van der Waals surface area contributed by atoms with Gasteiger partial charge in [0.1, 0.15) is 5.92 Å². The lowest BCUT2D eigenvalue weighted by Crippen LogP contribution is -2.39. The molecule has 0 saturated heterocycles. The van der Waals surface area contributed by atoms with Gasteiger partial charge >= 0.3 is 5.97 Å². The SMILES string of the molecule is CC(C)(C)C(C(=O)O)C(=O)Nc1cccnn1. The molecule has 17 heavy (non-hydrogen) atoms. The molecule has 0 saturated carbocycles. The average molecular weight is 237 g/mol. The van der Waals surface area contributed by atoms with Crippen LogP contribution in [-0.2, 0) is 9.59 Å². The first-order valence-corrected chi connectivity index (χ1v) is 5.14. The maximum absolute atomic E-state index is 11.8. The summed E-state index contributed by atoms with van der Waals surface area (Å²) in [5, 5.41) is 18.8. The fourth-order valence-electron chi connectivity index (χ4n) is 1.44. The monoisotopic (exact) mass is 237 g/mol. The zero-order valence-electron chi connectivity index (χ0n) is 9.97. The summed E-state index contributed by atoms with van der Waals surface area (Å²) in [7, 11) is 0. The van der Waals surface area contributed by atoms with Crippen LogP contribution in [-0.4, -0.2) is 27.2 Å². The Labute approximate surface area is 99.1 Å². The number of nitrogens with one attached hydrogen (secondary N) is 1. The fourth-order valence-corrected chi connectivity index (χ4v) is 1.44. The number of carboxylic acid groups (broad SMARTS) is 1. The van der Waals surface area contributed by atoms with Crippen LogP contribution in [0.1, 0.15) is 20.8 Å². The second kappa shape index (κ2) is 4.90. The lowest BCUT2D eigenvalue weighted by molar-refractivity contribution is -0.149. The van der Waals surface area contributed by atoms with Crippen molar-refractivity contribution in [2.75, 3.05) is 5.32 Å². The van der Waals surface area contributed by atoms with Crippen LogP contribution in [0, 0.1) is 11.3 Å². The second-order valence-corrected chi connectivity index (χ2v) is 4.74. The van der Waals surface area contributed by atoms with Crippen LogP contribution in [0.4, 0.5) is 5.82 Å². The molecular weight excluding hydrogens is 222 g/mol. The Morgan fingerprint density at radius 1 is 1.41 bits per heavy atom. The highest BCUT2D eigenvalue weighted by Crippen LogP contribution is 2.27. The van der Waals surface area contributed by atoms with Gasteiger partial charge in [-0.15, -0.1) is 5.10 Å². The Morgan fingerprint density at radius 3 is 2.47 bits per heavy atom. The van der Waals surface area contributed by atoms with Gasteiger partial charge in [0.15, 0.2) is 5.82 Å². The van der Waals surface area contributed by atoms with Crippen molar-refractivity contribution in [1.82, 2.24) is 10.2 Å². The van der Waals surface area contributed by atoms with Crippen molar-refractivity contribution < 1.29 is 14.7 Å². The van der Waals surface area contributed by atoms with Crippen molar-refractivity contribution in [1.29, 1.82) is 0 Å². The number of hydrogen-bond donors (Lipinski definition) is 2. The Balaban J connectivity index is 2.84. The molecule has 0 spiro atoms. The molecule has 0 aromatic carbocycles. The minimum atomic E-state index is -1.15. The lowest BCUT2D eigenvalue weighted by atomic mass is 9.80. The van der Waals surface area contributed by atoms with Crippen molar-refractivity contribution >= 4 is 17.7 Å². The highest BCUT2D eigenvalue weighted by Gasteiger charge is 2.37. The summed E-state index contributed by atoms with van der Waals surface area (Å²) in [5.74, 6) is -2.64. The molecule has 0 aliphatic rings. The molecule has 2 N–H and O–H groups in total. The Hall–Kier alpha value is -1.98. The van der Waals surface area contributed by atoms with Crippen LogP contribution >= 0.6 is 0 Å². The third-order valence-corrected chi connectivity index (χ3v) is 2.20. The highest BCUT2D eigenvalue weighted by molar-refractivity contribution is 6.04. The van der Waals surface area contributed by atoms with E-state index >= 15 is 0 Å². The molecular formula is C11H15N3O3. The van der Waals surface area contributed by atoms with Crippen molar-refractivity contribution in [3.8, 4) is 0 Å². The van der Waals surface area contributed by atoms with E-state index in [4.69, 9.17) is 5.11 Å². The van der Waals surface area contributed by atoms with Gasteiger partial charge in [-0.25, -0.2) is 0 Å². The third-order valence-electron chi connectivity index (χ3n) is 2.20. The molecule has 1 unspecified atom stereocenters. The van der Waals surface area contributed by atoms with E-state index in [1.165, 1.54) is 6.20 Å². The van der Waals surface area contributed by atoms with Crippen LogP contribution in [0.3, 0.4) is 0 Å². The first-order valence-electron chi connectivity index (χ1n) is 5.14. The van der Waals surface area contributed by atoms with E-state index in [0.29, 0.717) is 0 Å². The zero-order valence-corrected chi connectivity index (χ0v) is 9.97. The first kappa shape index (κ1) is 13.1. The number of aliphatic carboxylic acids is 1. The van der Waals surface area contributed by atoms with Gasteiger partial charge in [-0.2, -0.15) is 5.10 Å². The number of carbonyl (C=O) groups is 2. The maximum atomic E-state index is 11.8. The van der Waals surface area contributed by atoms with Crippen LogP contribution in [0.15, 0.2) is 18.3 Å². The summed E-state index contributed by atoms with van der Waals surface area (Å²) in [6.45, 7) is 5.09. The molecule has 1 atom stereocenters. The number of anilines is 1. The number of nitrogens with zero attached hydrogens (tertiary/aromatic N) is 2. The normalized spacial score (nSPS) is 12.9. The van der Waals surface area contributed by atoms with Crippen molar-refractivity contribution in [2.24, 2.45) is 11.3 Å². The van der Waals surface area contributed by atoms with E-state index in [1.807, 2.05) is 0 Å². The van der Waals surface area contributed by atoms with E-state index in [0.717, 1.165) is 0 Å². The summed E-state index contributed by atoms with van der Waals surface area (Å²) in [5.41, 5.74) is -0.669. The molecule has 1 aromatic heterocycles. The molecule has 1 rings (SSSR count). The zero-order chi connectivity index (χ0) is 13.1. The molecule has 0 fully saturated rings. The Kier molecular flexibility index (Phi) is 3.77. The van der Waals surface area contributed by atoms with Crippen molar-refractivity contribution in [2.45, 2.75) is 20.8 Å². The molecule has 0 aliphatic heterocycles. The topological polar surface area (TPSA) is 92.2 Å². The number of carbonyl (C=O) groups excluding carboxylic acids is 1. The van der Waals surface area contributed by atoms with Gasteiger partial charge in [-0.3, -0.25) is 9.59 Å². The van der Waals surface area contributed by atoms with Crippen LogP contribution in [0.25, 0.3) is 0 Å². The van der Waals surface area contributed by atoms with Gasteiger partial charge in [-0.1, -0.05) is 20.8 Å². The van der Waals surface area contributed by atoms with Crippen LogP contribution < -0.4 is 5.32 Å². The minimum absolute atomic E-state index is 0.244. The van der Waals surface area contributed by atoms with E-state index in [1.54, 1.807) is 32.9 Å². The summed E-state index contributed by atoms with van der Waals surface area (Å²) >= 11 is 0. The number of amides is 1. The Morgan fingerprint density at radius 2 is 2.06 bits per heavy atom. The molecule has 1 amide bonds. The average Bonchev–Trinajstić information content (AvgIpc) is 2.15. The molecule has 0 radical (unpaired) electrons. The molecule has 6 heteroatoms. The van der Waals surface area contributed by atoms with Crippen molar-refractivity contribution in [3.63, 3.8) is 0 Å². The number of rotatable bonds is 3. The number of carboxylic acids is 1. The van der Waals surface area contributed by atoms with Crippen LogP contribution in [0.5, 0.6) is 0 Å². The van der Waals surface area contributed by atoms with Crippen molar-refractivity contribution in [3.05, 3.63) is 18.3 Å². The van der Waals surface area contributed by atoms with Gasteiger partial charge in [0.05, 0.1) is 0 Å². The summed E-state index contributed by atoms with van der Waals surface area (Å²) < 4.78 is 0. The van der Waals surface area contributed by atoms with E-state index in [-0.39, 0.29) is 5.82 Å². The molecule has 6 nitrogen and oxygen atoms in total. The molecule has 0 aliphatic carbocycles. The quantitative estimate of drug-likeness (QED) is 0.769. The van der Waals surface area contributed by atoms with E-state index in [9.17, 15) is 9.59 Å². The van der Waals surface area contributed by atoms with Gasteiger partial charge in [0.25, 0.3) is 0 Å². The summed E-state index contributed by atoms with van der Waals surface area (Å²) in [6.07, 6.45) is 1.47. The maximum Gasteiger partial charge on any atom is 0.316 e. The largest absolute Gasteiger partial charge is 0.481 e. The smallest absolute Gasteiger partial charge is 0.316 e. The van der Waals surface area contributed by atoms with Gasteiger partial charge in [-0.05, 0) is 17.5 Å². The highest BCUT2D eigenvalue weighted by atomic mass is 16.4. The van der Waals surface area contributed by atoms with Gasteiger partial charge in [0, 0.05) is 6.20 Å². The fraction of sp³-hybridized carbons (Fsp3) is 0.455. The van der Waals surface area contributed by atoms with Gasteiger partial charge in [0.2, 0.25) is 5.91 Å². The number of aromatic nitrogens is 2. The van der Waals surface area contributed by atoms with E-state index in [2.05, 4.69) is 15.5 Å². The second-order valence-electron chi connectivity index (χ2n) is 4.74. The predicted molar refractivity (Wildman–Crippen MR) is 61.2 cm³/mol. The lowest BCUT2D eigenvalue weighted by Gasteiger charge is -2.25. The molecule has 92 valence electrons. The van der Waals surface area contributed by atoms with Crippen LogP contribution in [0.2, 0.25) is 0 Å². The van der Waals surface area contributed by atoms with E-state index < -0.39 is 23.2 Å². The minimum Gasteiger partial charge on any atom is -0.481 e. The summed E-state index contributed by atoms with van der Waals surface area (Å²) in [6, 6.07) is 3.15. The first-order chi connectivity index (χ1) is 7.82. The molecule has 1 heterocycles. The molecule has 0 bridgehead atoms.